The molecule has 0 fully saturated rings. The van der Waals surface area contributed by atoms with E-state index in [4.69, 9.17) is 5.11 Å². The molecule has 3 nitrogen and oxygen atoms in total. The molecule has 0 saturated carbocycles. The lowest BCUT2D eigenvalue weighted by atomic mass is 9.88. The summed E-state index contributed by atoms with van der Waals surface area (Å²) in [5.74, 6) is -0.818. The van der Waals surface area contributed by atoms with Crippen LogP contribution in [0.4, 0.5) is 0 Å². The van der Waals surface area contributed by atoms with Crippen molar-refractivity contribution < 1.29 is 9.90 Å². The molecule has 19 heavy (non-hydrogen) atoms. The quantitative estimate of drug-likeness (QED) is 0.882. The Bertz CT molecular complexity index is 587. The zero-order chi connectivity index (χ0) is 13.2. The standard InChI is InChI=1S/C16H17NO2/c18-16(19)9-15(14-6-7-17-10-14)13-5-4-11-2-1-3-12(11)8-13/h4-8,10,15,17H,1-3,9H2,(H,18,19). The van der Waals surface area contributed by atoms with Crippen molar-refractivity contribution in [2.45, 2.75) is 31.6 Å². The van der Waals surface area contributed by atoms with Gasteiger partial charge in [0.25, 0.3) is 0 Å². The summed E-state index contributed by atoms with van der Waals surface area (Å²) in [6.07, 6.45) is 7.36. The van der Waals surface area contributed by atoms with Crippen LogP contribution in [0.25, 0.3) is 0 Å². The summed E-state index contributed by atoms with van der Waals surface area (Å²) in [4.78, 5) is 14.1. The van der Waals surface area contributed by atoms with E-state index in [1.165, 1.54) is 17.5 Å². The predicted molar refractivity (Wildman–Crippen MR) is 73.4 cm³/mol. The number of aliphatic carboxylic acids is 1. The monoisotopic (exact) mass is 255 g/mol. The van der Waals surface area contributed by atoms with Gasteiger partial charge in [-0.1, -0.05) is 18.2 Å². The van der Waals surface area contributed by atoms with Gasteiger partial charge in [-0.25, -0.2) is 0 Å². The van der Waals surface area contributed by atoms with E-state index in [0.29, 0.717) is 0 Å². The molecule has 0 saturated heterocycles. The fourth-order valence-corrected chi connectivity index (χ4v) is 2.96. The summed E-state index contributed by atoms with van der Waals surface area (Å²) in [5.41, 5.74) is 4.97. The third-order valence-electron chi connectivity index (χ3n) is 3.93. The second kappa shape index (κ2) is 4.92. The van der Waals surface area contributed by atoms with Crippen molar-refractivity contribution in [3.05, 3.63) is 58.9 Å². The van der Waals surface area contributed by atoms with Gasteiger partial charge in [0.2, 0.25) is 0 Å². The summed E-state index contributed by atoms with van der Waals surface area (Å²) in [5, 5.41) is 9.13. The minimum Gasteiger partial charge on any atom is -0.481 e. The average molecular weight is 255 g/mol. The zero-order valence-corrected chi connectivity index (χ0v) is 10.7. The molecule has 3 rings (SSSR count). The van der Waals surface area contributed by atoms with E-state index in [9.17, 15) is 4.79 Å². The van der Waals surface area contributed by atoms with Crippen LogP contribution >= 0.6 is 0 Å². The first-order chi connectivity index (χ1) is 9.24. The molecule has 2 aromatic rings. The fourth-order valence-electron chi connectivity index (χ4n) is 2.96. The third kappa shape index (κ3) is 2.41. The highest BCUT2D eigenvalue weighted by molar-refractivity contribution is 5.69. The molecule has 0 amide bonds. The van der Waals surface area contributed by atoms with Gasteiger partial charge in [0.15, 0.2) is 0 Å². The Hall–Kier alpha value is -2.03. The van der Waals surface area contributed by atoms with Gasteiger partial charge in [-0.05, 0) is 47.6 Å². The Balaban J connectivity index is 1.97. The molecule has 0 bridgehead atoms. The van der Waals surface area contributed by atoms with Gasteiger partial charge in [-0.15, -0.1) is 0 Å². The number of hydrogen-bond donors (Lipinski definition) is 2. The number of carboxylic acid groups (broad SMARTS) is 1. The van der Waals surface area contributed by atoms with Crippen molar-refractivity contribution in [1.82, 2.24) is 4.98 Å². The third-order valence-corrected chi connectivity index (χ3v) is 3.93. The number of aromatic nitrogens is 1. The number of hydrogen-bond acceptors (Lipinski definition) is 1. The summed E-state index contributed by atoms with van der Waals surface area (Å²) in [7, 11) is 0. The van der Waals surface area contributed by atoms with Crippen LogP contribution in [0.15, 0.2) is 36.7 Å². The van der Waals surface area contributed by atoms with Crippen LogP contribution in [0.5, 0.6) is 0 Å². The molecule has 1 aromatic carbocycles. The Labute approximate surface area is 112 Å². The predicted octanol–water partition coefficient (Wildman–Crippen LogP) is 3.11. The topological polar surface area (TPSA) is 53.1 Å². The molecule has 1 aromatic heterocycles. The summed E-state index contributed by atoms with van der Waals surface area (Å²) < 4.78 is 0. The van der Waals surface area contributed by atoms with Gasteiger partial charge in [-0.3, -0.25) is 4.79 Å². The minimum atomic E-state index is -0.758. The molecular formula is C16H17NO2. The molecule has 1 aliphatic rings. The van der Waals surface area contributed by atoms with Crippen LogP contribution in [0, 0.1) is 0 Å². The number of carbonyl (C=O) groups is 1. The lowest BCUT2D eigenvalue weighted by Crippen LogP contribution is -2.07. The van der Waals surface area contributed by atoms with Crippen LogP contribution < -0.4 is 0 Å². The van der Waals surface area contributed by atoms with E-state index in [2.05, 4.69) is 23.2 Å². The number of aryl methyl sites for hydroxylation is 2. The Morgan fingerprint density at radius 3 is 2.79 bits per heavy atom. The number of H-pyrrole nitrogens is 1. The number of rotatable bonds is 4. The molecule has 3 heteroatoms. The van der Waals surface area contributed by atoms with Gasteiger partial charge in [0.1, 0.15) is 0 Å². The van der Waals surface area contributed by atoms with E-state index in [-0.39, 0.29) is 12.3 Å². The Kier molecular flexibility index (Phi) is 3.11. The molecule has 1 aliphatic carbocycles. The van der Waals surface area contributed by atoms with Crippen LogP contribution in [-0.4, -0.2) is 16.1 Å². The van der Waals surface area contributed by atoms with Crippen LogP contribution in [0.2, 0.25) is 0 Å². The molecule has 0 aliphatic heterocycles. The van der Waals surface area contributed by atoms with Gasteiger partial charge >= 0.3 is 5.97 Å². The first-order valence-electron chi connectivity index (χ1n) is 6.70. The Morgan fingerprint density at radius 1 is 1.21 bits per heavy atom. The van der Waals surface area contributed by atoms with Gasteiger partial charge in [-0.2, -0.15) is 0 Å². The number of benzene rings is 1. The van der Waals surface area contributed by atoms with E-state index in [0.717, 1.165) is 24.0 Å². The number of carboxylic acids is 1. The molecular weight excluding hydrogens is 238 g/mol. The fraction of sp³-hybridized carbons (Fsp3) is 0.312. The van der Waals surface area contributed by atoms with Crippen molar-refractivity contribution in [3.8, 4) is 0 Å². The zero-order valence-electron chi connectivity index (χ0n) is 10.7. The highest BCUT2D eigenvalue weighted by Gasteiger charge is 2.20. The lowest BCUT2D eigenvalue weighted by molar-refractivity contribution is -0.137. The van der Waals surface area contributed by atoms with E-state index in [1.807, 2.05) is 18.5 Å². The largest absolute Gasteiger partial charge is 0.481 e. The smallest absolute Gasteiger partial charge is 0.304 e. The molecule has 1 heterocycles. The molecule has 0 spiro atoms. The second-order valence-electron chi connectivity index (χ2n) is 5.18. The maximum absolute atomic E-state index is 11.1. The van der Waals surface area contributed by atoms with Crippen molar-refractivity contribution in [2.75, 3.05) is 0 Å². The molecule has 0 radical (unpaired) electrons. The number of aromatic amines is 1. The minimum absolute atomic E-state index is 0.0605. The van der Waals surface area contributed by atoms with Crippen molar-refractivity contribution in [1.29, 1.82) is 0 Å². The highest BCUT2D eigenvalue weighted by atomic mass is 16.4. The summed E-state index contributed by atoms with van der Waals surface area (Å²) in [6, 6.07) is 8.41. The molecule has 2 N–H and O–H groups in total. The number of fused-ring (bicyclic) bond motifs is 1. The SMILES string of the molecule is O=C(O)CC(c1cc[nH]c1)c1ccc2c(c1)CCC2. The van der Waals surface area contributed by atoms with Crippen LogP contribution in [-0.2, 0) is 17.6 Å². The Morgan fingerprint density at radius 2 is 2.05 bits per heavy atom. The molecule has 1 atom stereocenters. The lowest BCUT2D eigenvalue weighted by Gasteiger charge is -2.15. The van der Waals surface area contributed by atoms with Crippen LogP contribution in [0.1, 0.15) is 41.0 Å². The summed E-state index contributed by atoms with van der Waals surface area (Å²) >= 11 is 0. The first kappa shape index (κ1) is 12.0. The molecule has 98 valence electrons. The summed E-state index contributed by atoms with van der Waals surface area (Å²) in [6.45, 7) is 0. The van der Waals surface area contributed by atoms with Crippen molar-refractivity contribution in [3.63, 3.8) is 0 Å². The van der Waals surface area contributed by atoms with E-state index < -0.39 is 5.97 Å². The maximum Gasteiger partial charge on any atom is 0.304 e. The van der Waals surface area contributed by atoms with Crippen LogP contribution in [0.3, 0.4) is 0 Å². The second-order valence-corrected chi connectivity index (χ2v) is 5.18. The van der Waals surface area contributed by atoms with Gasteiger partial charge in [0, 0.05) is 18.3 Å². The average Bonchev–Trinajstić information content (AvgIpc) is 3.06. The number of nitrogens with one attached hydrogen (secondary N) is 1. The highest BCUT2D eigenvalue weighted by Crippen LogP contribution is 2.31. The maximum atomic E-state index is 11.1. The normalized spacial score (nSPS) is 15.2. The van der Waals surface area contributed by atoms with Gasteiger partial charge in [0.05, 0.1) is 6.42 Å². The van der Waals surface area contributed by atoms with Crippen molar-refractivity contribution in [2.24, 2.45) is 0 Å². The van der Waals surface area contributed by atoms with E-state index >= 15 is 0 Å². The van der Waals surface area contributed by atoms with E-state index in [1.54, 1.807) is 0 Å². The molecule has 1 unspecified atom stereocenters. The first-order valence-corrected chi connectivity index (χ1v) is 6.70. The van der Waals surface area contributed by atoms with Gasteiger partial charge < -0.3 is 10.1 Å². The van der Waals surface area contributed by atoms with Crippen molar-refractivity contribution >= 4 is 5.97 Å².